The van der Waals surface area contributed by atoms with Crippen molar-refractivity contribution in [2.24, 2.45) is 0 Å². The maximum Gasteiger partial charge on any atom is 0.0540 e. The minimum Gasteiger partial charge on any atom is -0.310 e. The van der Waals surface area contributed by atoms with Gasteiger partial charge in [-0.1, -0.05) is 200 Å². The first-order chi connectivity index (χ1) is 28.3. The highest BCUT2D eigenvalue weighted by atomic mass is 15.1. The smallest absolute Gasteiger partial charge is 0.0540 e. The second kappa shape index (κ2) is 15.0. The number of benzene rings is 10. The van der Waals surface area contributed by atoms with Gasteiger partial charge in [0.25, 0.3) is 0 Å². The van der Waals surface area contributed by atoms with Gasteiger partial charge < -0.3 is 4.90 Å². The molecule has 0 spiro atoms. The van der Waals surface area contributed by atoms with Gasteiger partial charge in [0.15, 0.2) is 0 Å². The van der Waals surface area contributed by atoms with Crippen LogP contribution in [0.25, 0.3) is 77.2 Å². The van der Waals surface area contributed by atoms with E-state index < -0.39 is 0 Å². The van der Waals surface area contributed by atoms with Gasteiger partial charge >= 0.3 is 0 Å². The summed E-state index contributed by atoms with van der Waals surface area (Å²) >= 11 is 0. The predicted octanol–water partition coefficient (Wildman–Crippen LogP) is 15.8. The van der Waals surface area contributed by atoms with Crippen molar-refractivity contribution in [2.45, 2.75) is 0 Å². The number of hydrogen-bond acceptors (Lipinski definition) is 1. The molecule has 0 bridgehead atoms. The molecule has 0 saturated heterocycles. The predicted molar refractivity (Wildman–Crippen MR) is 243 cm³/mol. The van der Waals surface area contributed by atoms with Crippen molar-refractivity contribution in [2.75, 3.05) is 4.90 Å². The van der Waals surface area contributed by atoms with Crippen molar-refractivity contribution in [1.82, 2.24) is 0 Å². The number of hydrogen-bond donors (Lipinski definition) is 0. The fourth-order valence-corrected chi connectivity index (χ4v) is 8.23. The highest BCUT2D eigenvalue weighted by Crippen LogP contribution is 2.46. The third-order valence-corrected chi connectivity index (χ3v) is 11.1. The molecule has 57 heavy (non-hydrogen) atoms. The zero-order valence-electron chi connectivity index (χ0n) is 31.5. The molecule has 0 aromatic heterocycles. The van der Waals surface area contributed by atoms with Crippen molar-refractivity contribution in [3.8, 4) is 55.6 Å². The maximum atomic E-state index is 2.43. The van der Waals surface area contributed by atoms with Crippen LogP contribution in [0.5, 0.6) is 0 Å². The normalized spacial score (nSPS) is 11.2. The van der Waals surface area contributed by atoms with Crippen LogP contribution in [-0.4, -0.2) is 0 Å². The van der Waals surface area contributed by atoms with Crippen LogP contribution in [0.2, 0.25) is 0 Å². The van der Waals surface area contributed by atoms with E-state index >= 15 is 0 Å². The Morgan fingerprint density at radius 1 is 0.211 bits per heavy atom. The molecule has 10 rings (SSSR count). The van der Waals surface area contributed by atoms with Crippen LogP contribution in [0.4, 0.5) is 17.1 Å². The molecule has 10 aromatic carbocycles. The van der Waals surface area contributed by atoms with E-state index in [1.807, 2.05) is 0 Å². The average Bonchev–Trinajstić information content (AvgIpc) is 3.29. The van der Waals surface area contributed by atoms with Crippen molar-refractivity contribution < 1.29 is 0 Å². The number of nitrogens with zero attached hydrogens (tertiary/aromatic N) is 1. The summed E-state index contributed by atoms with van der Waals surface area (Å²) in [4.78, 5) is 2.43. The summed E-state index contributed by atoms with van der Waals surface area (Å²) in [5.74, 6) is 0. The van der Waals surface area contributed by atoms with Gasteiger partial charge in [-0.25, -0.2) is 0 Å². The third kappa shape index (κ3) is 6.66. The van der Waals surface area contributed by atoms with Crippen molar-refractivity contribution in [3.63, 3.8) is 0 Å². The van der Waals surface area contributed by atoms with Crippen LogP contribution in [-0.2, 0) is 0 Å². The molecule has 0 atom stereocenters. The molecule has 0 fully saturated rings. The minimum absolute atomic E-state index is 1.10. The molecule has 1 nitrogen and oxygen atoms in total. The molecular weight excluding hydrogens is 687 g/mol. The van der Waals surface area contributed by atoms with Crippen molar-refractivity contribution >= 4 is 38.6 Å². The van der Waals surface area contributed by atoms with Gasteiger partial charge in [0.2, 0.25) is 0 Å². The molecule has 0 amide bonds. The number of rotatable bonds is 8. The summed E-state index contributed by atoms with van der Waals surface area (Å²) in [5.41, 5.74) is 15.2. The second-order valence-corrected chi connectivity index (χ2v) is 14.5. The minimum atomic E-state index is 1.10. The lowest BCUT2D eigenvalue weighted by molar-refractivity contribution is 1.29. The Labute approximate surface area is 334 Å². The average molecular weight is 726 g/mol. The van der Waals surface area contributed by atoms with Crippen LogP contribution in [0.3, 0.4) is 0 Å². The van der Waals surface area contributed by atoms with Crippen LogP contribution < -0.4 is 4.90 Å². The van der Waals surface area contributed by atoms with E-state index in [4.69, 9.17) is 0 Å². The summed E-state index contributed by atoms with van der Waals surface area (Å²) in [5, 5.41) is 4.91. The Bertz CT molecular complexity index is 3010. The van der Waals surface area contributed by atoms with E-state index in [0.717, 1.165) is 22.6 Å². The first-order valence-corrected chi connectivity index (χ1v) is 19.6. The topological polar surface area (TPSA) is 3.24 Å². The zero-order valence-corrected chi connectivity index (χ0v) is 31.5. The zero-order chi connectivity index (χ0) is 38.0. The van der Waals surface area contributed by atoms with Gasteiger partial charge in [-0.15, -0.1) is 0 Å². The number of anilines is 3. The van der Waals surface area contributed by atoms with Gasteiger partial charge in [-0.2, -0.15) is 0 Å². The monoisotopic (exact) mass is 725 g/mol. The summed E-state index contributed by atoms with van der Waals surface area (Å²) in [6.07, 6.45) is 0. The summed E-state index contributed by atoms with van der Waals surface area (Å²) in [6, 6.07) is 85.8. The van der Waals surface area contributed by atoms with Crippen LogP contribution in [0, 0.1) is 0 Å². The Morgan fingerprint density at radius 2 is 0.649 bits per heavy atom. The Morgan fingerprint density at radius 3 is 1.37 bits per heavy atom. The molecule has 0 unspecified atom stereocenters. The van der Waals surface area contributed by atoms with Gasteiger partial charge in [-0.05, 0) is 108 Å². The molecule has 0 radical (unpaired) electrons. The van der Waals surface area contributed by atoms with Crippen LogP contribution in [0.1, 0.15) is 0 Å². The van der Waals surface area contributed by atoms with Gasteiger partial charge in [0, 0.05) is 16.9 Å². The first kappa shape index (κ1) is 34.0. The van der Waals surface area contributed by atoms with E-state index in [-0.39, 0.29) is 0 Å². The van der Waals surface area contributed by atoms with E-state index in [1.54, 1.807) is 0 Å². The number of fused-ring (bicyclic) bond motifs is 2. The largest absolute Gasteiger partial charge is 0.310 e. The van der Waals surface area contributed by atoms with E-state index in [9.17, 15) is 0 Å². The SMILES string of the molecule is c1ccc(-c2ccc(-c3ccccc3-c3ccccc3-c3ccccc3N(c3cccc(-c4ccc5ccccc5c4)c3)c3ccc4ccccc4c3)cc2)cc1. The van der Waals surface area contributed by atoms with E-state index in [0.29, 0.717) is 0 Å². The molecule has 0 aliphatic carbocycles. The standard InChI is InChI=1S/C56H39N/c1-2-15-40(16-3-1)43-29-32-44(33-30-43)51-23-8-9-24-52(51)53-25-10-11-26-54(53)55-27-12-13-28-56(55)57(50-36-35-42-18-5-7-20-46(42)38-50)49-22-14-21-47(39-49)48-34-31-41-17-4-6-19-45(41)37-48/h1-39H. The highest BCUT2D eigenvalue weighted by Gasteiger charge is 2.21. The van der Waals surface area contributed by atoms with E-state index in [2.05, 4.69) is 241 Å². The second-order valence-electron chi connectivity index (χ2n) is 14.5. The first-order valence-electron chi connectivity index (χ1n) is 19.6. The highest BCUT2D eigenvalue weighted by molar-refractivity contribution is 5.99. The lowest BCUT2D eigenvalue weighted by Crippen LogP contribution is -2.11. The van der Waals surface area contributed by atoms with Gasteiger partial charge in [0.1, 0.15) is 0 Å². The summed E-state index contributed by atoms with van der Waals surface area (Å²) in [6.45, 7) is 0. The van der Waals surface area contributed by atoms with Crippen molar-refractivity contribution in [3.05, 3.63) is 237 Å². The van der Waals surface area contributed by atoms with Crippen LogP contribution in [0.15, 0.2) is 237 Å². The van der Waals surface area contributed by atoms with Crippen LogP contribution >= 0.6 is 0 Å². The van der Waals surface area contributed by atoms with E-state index in [1.165, 1.54) is 71.6 Å². The summed E-state index contributed by atoms with van der Waals surface area (Å²) < 4.78 is 0. The maximum absolute atomic E-state index is 2.43. The fourth-order valence-electron chi connectivity index (χ4n) is 8.23. The Balaban J connectivity index is 1.12. The molecular formula is C56H39N. The summed E-state index contributed by atoms with van der Waals surface area (Å²) in [7, 11) is 0. The molecule has 0 aliphatic rings. The molecule has 0 saturated carbocycles. The fraction of sp³-hybridized carbons (Fsp3) is 0. The number of para-hydroxylation sites is 1. The lowest BCUT2D eigenvalue weighted by atomic mass is 9.88. The molecule has 0 heterocycles. The molecule has 0 N–H and O–H groups in total. The lowest BCUT2D eigenvalue weighted by Gasteiger charge is -2.29. The molecule has 0 aliphatic heterocycles. The van der Waals surface area contributed by atoms with Gasteiger partial charge in [-0.3, -0.25) is 0 Å². The Kier molecular flexibility index (Phi) is 8.95. The van der Waals surface area contributed by atoms with Crippen molar-refractivity contribution in [1.29, 1.82) is 0 Å². The third-order valence-electron chi connectivity index (χ3n) is 11.1. The quantitative estimate of drug-likeness (QED) is 0.151. The molecule has 268 valence electrons. The van der Waals surface area contributed by atoms with Gasteiger partial charge in [0.05, 0.1) is 5.69 Å². The Hall–Kier alpha value is -7.48. The molecule has 10 aromatic rings. The molecule has 1 heteroatoms.